The van der Waals surface area contributed by atoms with E-state index in [1.165, 1.54) is 12.1 Å². The highest BCUT2D eigenvalue weighted by Gasteiger charge is 2.42. The van der Waals surface area contributed by atoms with Gasteiger partial charge in [-0.3, -0.25) is 10.1 Å². The van der Waals surface area contributed by atoms with E-state index in [0.29, 0.717) is 0 Å². The fraction of sp³-hybridized carbons (Fsp3) is 0.125. The van der Waals surface area contributed by atoms with E-state index in [0.717, 1.165) is 12.1 Å². The SMILES string of the molecule is O=C(Oc1ccccc1[N+](=O)[O-])C(F)(F)F. The highest BCUT2D eigenvalue weighted by molar-refractivity contribution is 5.79. The van der Waals surface area contributed by atoms with Gasteiger partial charge in [0.1, 0.15) is 0 Å². The van der Waals surface area contributed by atoms with Crippen molar-refractivity contribution in [1.82, 2.24) is 0 Å². The van der Waals surface area contributed by atoms with Gasteiger partial charge >= 0.3 is 17.8 Å². The van der Waals surface area contributed by atoms with Gasteiger partial charge in [0.15, 0.2) is 0 Å². The second-order valence-electron chi connectivity index (χ2n) is 2.61. The second-order valence-corrected chi connectivity index (χ2v) is 2.61. The minimum absolute atomic E-state index is 0.708. The first-order valence-corrected chi connectivity index (χ1v) is 3.85. The second kappa shape index (κ2) is 4.17. The molecule has 0 bridgehead atoms. The molecular weight excluding hydrogens is 231 g/mol. The van der Waals surface area contributed by atoms with Gasteiger partial charge in [0, 0.05) is 6.07 Å². The Hall–Kier alpha value is -2.12. The van der Waals surface area contributed by atoms with E-state index >= 15 is 0 Å². The van der Waals surface area contributed by atoms with Gasteiger partial charge in [0.25, 0.3) is 0 Å². The van der Waals surface area contributed by atoms with E-state index in [4.69, 9.17) is 0 Å². The zero-order valence-electron chi connectivity index (χ0n) is 7.52. The first-order valence-electron chi connectivity index (χ1n) is 3.85. The van der Waals surface area contributed by atoms with Crippen molar-refractivity contribution in [3.8, 4) is 5.75 Å². The summed E-state index contributed by atoms with van der Waals surface area (Å²) in [6.07, 6.45) is -5.19. The number of carbonyl (C=O) groups excluding carboxylic acids is 1. The molecule has 0 spiro atoms. The molecule has 1 aromatic rings. The largest absolute Gasteiger partial charge is 0.491 e. The molecule has 0 atom stereocenters. The molecular formula is C8H4F3NO4. The van der Waals surface area contributed by atoms with Crippen LogP contribution in [0.4, 0.5) is 18.9 Å². The number of hydrogen-bond donors (Lipinski definition) is 0. The normalized spacial score (nSPS) is 10.9. The smallest absolute Gasteiger partial charge is 0.412 e. The van der Waals surface area contributed by atoms with Crippen molar-refractivity contribution in [2.45, 2.75) is 6.18 Å². The number of nitro groups is 1. The molecule has 0 radical (unpaired) electrons. The number of halogens is 3. The fourth-order valence-corrected chi connectivity index (χ4v) is 0.852. The van der Waals surface area contributed by atoms with Crippen LogP contribution in [0.2, 0.25) is 0 Å². The summed E-state index contributed by atoms with van der Waals surface area (Å²) in [5.41, 5.74) is -0.708. The third kappa shape index (κ3) is 2.69. The minimum Gasteiger partial charge on any atom is -0.412 e. The van der Waals surface area contributed by atoms with Crippen molar-refractivity contribution in [2.24, 2.45) is 0 Å². The van der Waals surface area contributed by atoms with Gasteiger partial charge in [-0.25, -0.2) is 4.79 Å². The van der Waals surface area contributed by atoms with Crippen LogP contribution >= 0.6 is 0 Å². The Kier molecular flexibility index (Phi) is 3.11. The Bertz CT molecular complexity index is 430. The molecule has 0 saturated carbocycles. The Morgan fingerprint density at radius 2 is 1.88 bits per heavy atom. The van der Waals surface area contributed by atoms with Gasteiger partial charge in [0.05, 0.1) is 4.92 Å². The van der Waals surface area contributed by atoms with Gasteiger partial charge in [-0.1, -0.05) is 12.1 Å². The predicted molar refractivity (Wildman–Crippen MR) is 44.8 cm³/mol. The number of para-hydroxylation sites is 2. The van der Waals surface area contributed by atoms with Crippen LogP contribution in [0.1, 0.15) is 0 Å². The van der Waals surface area contributed by atoms with E-state index < -0.39 is 28.5 Å². The molecule has 86 valence electrons. The summed E-state index contributed by atoms with van der Waals surface area (Å²) < 4.78 is 39.3. The first kappa shape index (κ1) is 12.0. The van der Waals surface area contributed by atoms with Crippen LogP contribution in [0.3, 0.4) is 0 Å². The van der Waals surface area contributed by atoms with E-state index in [-0.39, 0.29) is 0 Å². The average Bonchev–Trinajstić information content (AvgIpc) is 2.16. The molecule has 1 rings (SSSR count). The summed E-state index contributed by atoms with van der Waals surface area (Å²) in [6.45, 7) is 0. The molecule has 8 heteroatoms. The molecule has 0 N–H and O–H groups in total. The number of nitro benzene ring substituents is 1. The average molecular weight is 235 g/mol. The lowest BCUT2D eigenvalue weighted by Gasteiger charge is -2.06. The van der Waals surface area contributed by atoms with Gasteiger partial charge in [-0.05, 0) is 6.07 Å². The van der Waals surface area contributed by atoms with Gasteiger partial charge in [-0.2, -0.15) is 13.2 Å². The van der Waals surface area contributed by atoms with E-state index in [9.17, 15) is 28.1 Å². The molecule has 5 nitrogen and oxygen atoms in total. The van der Waals surface area contributed by atoms with Gasteiger partial charge in [0.2, 0.25) is 5.75 Å². The number of carbonyl (C=O) groups is 1. The number of rotatable bonds is 2. The Labute approximate surface area is 86.6 Å². The van der Waals surface area contributed by atoms with Crippen molar-refractivity contribution in [2.75, 3.05) is 0 Å². The van der Waals surface area contributed by atoms with Crippen LogP contribution in [-0.2, 0) is 4.79 Å². The topological polar surface area (TPSA) is 69.4 Å². The van der Waals surface area contributed by atoms with Crippen molar-refractivity contribution in [1.29, 1.82) is 0 Å². The Morgan fingerprint density at radius 3 is 2.38 bits per heavy atom. The molecule has 0 amide bonds. The number of benzene rings is 1. The van der Waals surface area contributed by atoms with Crippen molar-refractivity contribution >= 4 is 11.7 Å². The lowest BCUT2D eigenvalue weighted by Crippen LogP contribution is -2.28. The summed E-state index contributed by atoms with van der Waals surface area (Å²) in [5.74, 6) is -3.24. The van der Waals surface area contributed by atoms with E-state index in [1.807, 2.05) is 0 Å². The number of esters is 1. The highest BCUT2D eigenvalue weighted by Crippen LogP contribution is 2.28. The zero-order valence-corrected chi connectivity index (χ0v) is 7.52. The van der Waals surface area contributed by atoms with Crippen LogP contribution in [0, 0.1) is 10.1 Å². The molecule has 16 heavy (non-hydrogen) atoms. The van der Waals surface area contributed by atoms with Crippen molar-refractivity contribution in [3.05, 3.63) is 34.4 Å². The molecule has 0 heterocycles. The summed E-state index contributed by atoms with van der Waals surface area (Å²) in [7, 11) is 0. The molecule has 0 aromatic heterocycles. The van der Waals surface area contributed by atoms with Gasteiger partial charge in [-0.15, -0.1) is 0 Å². The summed E-state index contributed by atoms with van der Waals surface area (Å²) in [4.78, 5) is 19.9. The maximum Gasteiger partial charge on any atom is 0.491 e. The van der Waals surface area contributed by atoms with E-state index in [2.05, 4.69) is 4.74 Å². The van der Waals surface area contributed by atoms with Gasteiger partial charge < -0.3 is 4.74 Å². The Morgan fingerprint density at radius 1 is 1.31 bits per heavy atom. The van der Waals surface area contributed by atoms with Crippen LogP contribution in [-0.4, -0.2) is 17.1 Å². The van der Waals surface area contributed by atoms with Crippen molar-refractivity contribution < 1.29 is 27.6 Å². The standard InChI is InChI=1S/C8H4F3NO4/c9-8(10,11)7(13)16-6-4-2-1-3-5(6)12(14)15/h1-4H. The van der Waals surface area contributed by atoms with Crippen molar-refractivity contribution in [3.63, 3.8) is 0 Å². The fourth-order valence-electron chi connectivity index (χ4n) is 0.852. The first-order chi connectivity index (χ1) is 7.32. The molecule has 0 fully saturated rings. The van der Waals surface area contributed by atoms with Crippen LogP contribution < -0.4 is 4.74 Å². The third-order valence-corrected chi connectivity index (χ3v) is 1.50. The van der Waals surface area contributed by atoms with Crippen LogP contribution in [0.15, 0.2) is 24.3 Å². The molecule has 0 aliphatic heterocycles. The number of alkyl halides is 3. The lowest BCUT2D eigenvalue weighted by atomic mass is 10.3. The third-order valence-electron chi connectivity index (χ3n) is 1.50. The molecule has 0 unspecified atom stereocenters. The minimum atomic E-state index is -5.19. The number of ether oxygens (including phenoxy) is 1. The highest BCUT2D eigenvalue weighted by atomic mass is 19.4. The summed E-state index contributed by atoms with van der Waals surface area (Å²) >= 11 is 0. The Balaban J connectivity index is 2.98. The van der Waals surface area contributed by atoms with Crippen LogP contribution in [0.25, 0.3) is 0 Å². The quantitative estimate of drug-likeness (QED) is 0.340. The maximum atomic E-state index is 11.8. The lowest BCUT2D eigenvalue weighted by molar-refractivity contribution is -0.385. The van der Waals surface area contributed by atoms with Crippen LogP contribution in [0.5, 0.6) is 5.75 Å². The number of hydrogen-bond acceptors (Lipinski definition) is 4. The van der Waals surface area contributed by atoms with E-state index in [1.54, 1.807) is 0 Å². The summed E-state index contributed by atoms with van der Waals surface area (Å²) in [6, 6.07) is 4.29. The monoisotopic (exact) mass is 235 g/mol. The maximum absolute atomic E-state index is 11.8. The molecule has 1 aromatic carbocycles. The predicted octanol–water partition coefficient (Wildman–Crippen LogP) is 2.06. The summed E-state index contributed by atoms with van der Waals surface area (Å²) in [5, 5.41) is 10.4. The zero-order chi connectivity index (χ0) is 12.3. The molecule has 0 saturated heterocycles. The molecule has 0 aliphatic carbocycles. The number of nitrogens with zero attached hydrogens (tertiary/aromatic N) is 1. The molecule has 0 aliphatic rings.